The smallest absolute Gasteiger partial charge is 0.319 e. The summed E-state index contributed by atoms with van der Waals surface area (Å²) < 4.78 is 13.4. The maximum Gasteiger partial charge on any atom is 0.319 e. The van der Waals surface area contributed by atoms with Crippen LogP contribution < -0.4 is 10.6 Å². The van der Waals surface area contributed by atoms with Crippen LogP contribution in [-0.4, -0.2) is 24.3 Å². The molecule has 3 N–H and O–H groups in total. The van der Waals surface area contributed by atoms with Gasteiger partial charge in [-0.3, -0.25) is 0 Å². The average molecular weight is 277 g/mol. The van der Waals surface area contributed by atoms with Crippen molar-refractivity contribution in [3.05, 3.63) is 28.5 Å². The molecule has 0 aliphatic heterocycles. The fraction of sp³-hybridized carbons (Fsp3) is 0.222. The topological polar surface area (TPSA) is 61.4 Å². The lowest BCUT2D eigenvalue weighted by Gasteiger charge is -2.06. The van der Waals surface area contributed by atoms with E-state index in [-0.39, 0.29) is 13.2 Å². The van der Waals surface area contributed by atoms with Gasteiger partial charge >= 0.3 is 6.03 Å². The number of amides is 2. The van der Waals surface area contributed by atoms with Crippen LogP contribution >= 0.6 is 15.9 Å². The summed E-state index contributed by atoms with van der Waals surface area (Å²) in [5, 5.41) is 13.3. The highest BCUT2D eigenvalue weighted by Crippen LogP contribution is 2.18. The van der Waals surface area contributed by atoms with Crippen molar-refractivity contribution in [1.29, 1.82) is 0 Å². The van der Waals surface area contributed by atoms with E-state index < -0.39 is 11.8 Å². The van der Waals surface area contributed by atoms with E-state index in [0.29, 0.717) is 10.2 Å². The number of benzene rings is 1. The molecule has 0 spiro atoms. The first-order valence-corrected chi connectivity index (χ1v) is 5.03. The SMILES string of the molecule is O=C(NCCO)Nc1cc(F)cc(Br)c1. The van der Waals surface area contributed by atoms with Crippen LogP contribution in [0.5, 0.6) is 0 Å². The molecule has 1 aromatic rings. The zero-order valence-electron chi connectivity index (χ0n) is 7.76. The number of aliphatic hydroxyl groups excluding tert-OH is 1. The maximum absolute atomic E-state index is 12.9. The summed E-state index contributed by atoms with van der Waals surface area (Å²) in [6.07, 6.45) is 0. The lowest BCUT2D eigenvalue weighted by molar-refractivity contribution is 0.245. The Labute approximate surface area is 94.6 Å². The summed E-state index contributed by atoms with van der Waals surface area (Å²) in [5.41, 5.74) is 0.345. The van der Waals surface area contributed by atoms with Crippen LogP contribution in [0, 0.1) is 5.82 Å². The van der Waals surface area contributed by atoms with E-state index in [2.05, 4.69) is 26.6 Å². The number of rotatable bonds is 3. The summed E-state index contributed by atoms with van der Waals surface area (Å²) in [6.45, 7) is 0.0165. The molecule has 0 heterocycles. The van der Waals surface area contributed by atoms with Gasteiger partial charge < -0.3 is 15.7 Å². The van der Waals surface area contributed by atoms with Crippen molar-refractivity contribution in [2.45, 2.75) is 0 Å². The summed E-state index contributed by atoms with van der Waals surface area (Å²) in [7, 11) is 0. The molecule has 6 heteroatoms. The zero-order chi connectivity index (χ0) is 11.3. The lowest BCUT2D eigenvalue weighted by atomic mass is 10.3. The van der Waals surface area contributed by atoms with Crippen molar-refractivity contribution in [2.24, 2.45) is 0 Å². The highest BCUT2D eigenvalue weighted by Gasteiger charge is 2.03. The predicted octanol–water partition coefficient (Wildman–Crippen LogP) is 1.70. The lowest BCUT2D eigenvalue weighted by Crippen LogP contribution is -2.30. The second-order valence-electron chi connectivity index (χ2n) is 2.76. The van der Waals surface area contributed by atoms with Gasteiger partial charge in [0, 0.05) is 16.7 Å². The average Bonchev–Trinajstić information content (AvgIpc) is 2.13. The highest BCUT2D eigenvalue weighted by molar-refractivity contribution is 9.10. The number of urea groups is 1. The first kappa shape index (κ1) is 11.9. The number of hydrogen-bond donors (Lipinski definition) is 3. The monoisotopic (exact) mass is 276 g/mol. The molecule has 4 nitrogen and oxygen atoms in total. The Kier molecular flexibility index (Phi) is 4.51. The standard InChI is InChI=1S/C9H10BrFN2O2/c10-6-3-7(11)5-8(4-6)13-9(15)12-1-2-14/h3-5,14H,1-2H2,(H2,12,13,15). The van der Waals surface area contributed by atoms with Crippen LogP contribution in [0.2, 0.25) is 0 Å². The van der Waals surface area contributed by atoms with Gasteiger partial charge in [-0.05, 0) is 18.2 Å². The highest BCUT2D eigenvalue weighted by atomic mass is 79.9. The van der Waals surface area contributed by atoms with E-state index in [4.69, 9.17) is 5.11 Å². The van der Waals surface area contributed by atoms with Gasteiger partial charge in [0.15, 0.2) is 0 Å². The Hall–Kier alpha value is -1.14. The second kappa shape index (κ2) is 5.67. The third-order valence-corrected chi connectivity index (χ3v) is 1.98. The molecule has 0 saturated heterocycles. The minimum atomic E-state index is -0.485. The van der Waals surface area contributed by atoms with Crippen molar-refractivity contribution in [2.75, 3.05) is 18.5 Å². The van der Waals surface area contributed by atoms with Crippen LogP contribution in [0.1, 0.15) is 0 Å². The number of carbonyl (C=O) groups excluding carboxylic acids is 1. The van der Waals surface area contributed by atoms with Gasteiger partial charge in [0.2, 0.25) is 0 Å². The first-order chi connectivity index (χ1) is 7.11. The van der Waals surface area contributed by atoms with Crippen LogP contribution in [0.25, 0.3) is 0 Å². The molecule has 0 aromatic heterocycles. The van der Waals surface area contributed by atoms with Crippen molar-refractivity contribution in [3.8, 4) is 0 Å². The van der Waals surface area contributed by atoms with E-state index in [1.165, 1.54) is 12.1 Å². The van der Waals surface area contributed by atoms with E-state index in [1.807, 2.05) is 0 Å². The van der Waals surface area contributed by atoms with Crippen molar-refractivity contribution < 1.29 is 14.3 Å². The molecule has 82 valence electrons. The first-order valence-electron chi connectivity index (χ1n) is 4.23. The van der Waals surface area contributed by atoms with E-state index in [9.17, 15) is 9.18 Å². The molecule has 0 fully saturated rings. The number of nitrogens with one attached hydrogen (secondary N) is 2. The maximum atomic E-state index is 12.9. The van der Waals surface area contributed by atoms with Gasteiger partial charge in [0.25, 0.3) is 0 Å². The minimum absolute atomic E-state index is 0.139. The van der Waals surface area contributed by atoms with Crippen LogP contribution in [-0.2, 0) is 0 Å². The Balaban J connectivity index is 2.60. The fourth-order valence-corrected chi connectivity index (χ4v) is 1.44. The molecular weight excluding hydrogens is 267 g/mol. The van der Waals surface area contributed by atoms with Crippen LogP contribution in [0.3, 0.4) is 0 Å². The molecule has 0 radical (unpaired) electrons. The number of anilines is 1. The molecule has 0 aliphatic rings. The fourth-order valence-electron chi connectivity index (χ4n) is 0.971. The van der Waals surface area contributed by atoms with E-state index in [1.54, 1.807) is 6.07 Å². The van der Waals surface area contributed by atoms with Gasteiger partial charge in [0.1, 0.15) is 5.82 Å². The van der Waals surface area contributed by atoms with Crippen LogP contribution in [0.4, 0.5) is 14.9 Å². The second-order valence-corrected chi connectivity index (χ2v) is 3.68. The Morgan fingerprint density at radius 3 is 2.80 bits per heavy atom. The molecule has 0 atom stereocenters. The Morgan fingerprint density at radius 2 is 2.20 bits per heavy atom. The summed E-state index contributed by atoms with van der Waals surface area (Å²) in [5.74, 6) is -0.443. The largest absolute Gasteiger partial charge is 0.395 e. The molecule has 0 saturated carbocycles. The molecule has 0 unspecified atom stereocenters. The minimum Gasteiger partial charge on any atom is -0.395 e. The molecule has 0 aliphatic carbocycles. The van der Waals surface area contributed by atoms with Crippen LogP contribution in [0.15, 0.2) is 22.7 Å². The number of aliphatic hydroxyl groups is 1. The van der Waals surface area contributed by atoms with Gasteiger partial charge in [-0.2, -0.15) is 0 Å². The van der Waals surface area contributed by atoms with Gasteiger partial charge in [-0.15, -0.1) is 0 Å². The molecule has 1 rings (SSSR count). The molecule has 15 heavy (non-hydrogen) atoms. The van der Waals surface area contributed by atoms with Crippen molar-refractivity contribution in [1.82, 2.24) is 5.32 Å². The molecule has 0 bridgehead atoms. The van der Waals surface area contributed by atoms with Crippen molar-refractivity contribution in [3.63, 3.8) is 0 Å². The number of carbonyl (C=O) groups is 1. The third kappa shape index (κ3) is 4.26. The van der Waals surface area contributed by atoms with Gasteiger partial charge in [-0.25, -0.2) is 9.18 Å². The summed E-state index contributed by atoms with van der Waals surface area (Å²) >= 11 is 3.10. The summed E-state index contributed by atoms with van der Waals surface area (Å²) in [6, 6.07) is 3.57. The zero-order valence-corrected chi connectivity index (χ0v) is 9.34. The summed E-state index contributed by atoms with van der Waals surface area (Å²) in [4.78, 5) is 11.1. The molecular formula is C9H10BrFN2O2. The van der Waals surface area contributed by atoms with Crippen molar-refractivity contribution >= 4 is 27.6 Å². The third-order valence-electron chi connectivity index (χ3n) is 1.52. The Bertz CT molecular complexity index is 340. The van der Waals surface area contributed by atoms with Gasteiger partial charge in [-0.1, -0.05) is 15.9 Å². The van der Waals surface area contributed by atoms with E-state index >= 15 is 0 Å². The van der Waals surface area contributed by atoms with Gasteiger partial charge in [0.05, 0.1) is 6.61 Å². The molecule has 2 amide bonds. The number of halogens is 2. The Morgan fingerprint density at radius 1 is 1.47 bits per heavy atom. The number of hydrogen-bond acceptors (Lipinski definition) is 2. The molecule has 1 aromatic carbocycles. The quantitative estimate of drug-likeness (QED) is 0.787. The van der Waals surface area contributed by atoms with E-state index in [0.717, 1.165) is 0 Å². The predicted molar refractivity (Wildman–Crippen MR) is 58.2 cm³/mol. The normalized spacial score (nSPS) is 9.80.